The average molecular weight is 300 g/mol. The van der Waals surface area contributed by atoms with E-state index >= 15 is 0 Å². The Bertz CT molecular complexity index is 203. The Hall–Kier alpha value is 0.373. The molecule has 0 unspecified atom stereocenters. The molecular formula is C7H8IOZn. The zero-order valence-corrected chi connectivity index (χ0v) is 11.1. The first-order chi connectivity index (χ1) is 4.33. The summed E-state index contributed by atoms with van der Waals surface area (Å²) < 4.78 is 6.37. The second-order valence-corrected chi connectivity index (χ2v) is 3.56. The van der Waals surface area contributed by atoms with Crippen LogP contribution in [-0.2, 0) is 18.3 Å². The van der Waals surface area contributed by atoms with Gasteiger partial charge < -0.3 is 0 Å². The molecule has 0 bridgehead atoms. The molecule has 0 aromatic heterocycles. The Morgan fingerprint density at radius 1 is 1.40 bits per heavy atom. The van der Waals surface area contributed by atoms with E-state index < -0.39 is 0 Å². The molecule has 0 spiro atoms. The van der Waals surface area contributed by atoms with Gasteiger partial charge in [0.05, 0.1) is 0 Å². The maximum atomic E-state index is 5.02. The van der Waals surface area contributed by atoms with Crippen LogP contribution in [0.1, 0.15) is 0 Å². The van der Waals surface area contributed by atoms with Crippen molar-refractivity contribution in [1.82, 2.24) is 0 Å². The summed E-state index contributed by atoms with van der Waals surface area (Å²) in [4.78, 5) is 0. The molecule has 1 aromatic rings. The number of ether oxygens (including phenoxy) is 1. The van der Waals surface area contributed by atoms with E-state index in [4.69, 9.17) is 4.74 Å². The SMILES string of the molecule is COc1ccc[c]([Zn])c1.I. The van der Waals surface area contributed by atoms with E-state index in [-0.39, 0.29) is 24.0 Å². The summed E-state index contributed by atoms with van der Waals surface area (Å²) in [6, 6.07) is 8.12. The monoisotopic (exact) mass is 299 g/mol. The summed E-state index contributed by atoms with van der Waals surface area (Å²) in [6.07, 6.45) is 0. The minimum atomic E-state index is 0. The van der Waals surface area contributed by atoms with Crippen LogP contribution in [0.4, 0.5) is 0 Å². The fourth-order valence-electron chi connectivity index (χ4n) is 0.672. The van der Waals surface area contributed by atoms with Gasteiger partial charge in [-0.25, -0.2) is 0 Å². The molecule has 0 aliphatic rings. The maximum Gasteiger partial charge on any atom is -0.107 e. The summed E-state index contributed by atoms with van der Waals surface area (Å²) in [7, 11) is 1.69. The molecule has 0 aliphatic carbocycles. The fourth-order valence-corrected chi connectivity index (χ4v) is 1.38. The number of hydrogen-bond acceptors (Lipinski definition) is 1. The van der Waals surface area contributed by atoms with Crippen LogP contribution in [0, 0.1) is 0 Å². The van der Waals surface area contributed by atoms with Crippen molar-refractivity contribution in [2.24, 2.45) is 0 Å². The molecule has 0 amide bonds. The summed E-state index contributed by atoms with van der Waals surface area (Å²) in [5, 5.41) is 0. The van der Waals surface area contributed by atoms with Gasteiger partial charge in [0.15, 0.2) is 0 Å². The Morgan fingerprint density at radius 3 is 2.50 bits per heavy atom. The Kier molecular flexibility index (Phi) is 5.27. The van der Waals surface area contributed by atoms with Crippen LogP contribution in [0.5, 0.6) is 5.75 Å². The summed E-state index contributed by atoms with van der Waals surface area (Å²) in [5.41, 5.74) is 0. The van der Waals surface area contributed by atoms with Gasteiger partial charge in [-0.1, -0.05) is 0 Å². The third-order valence-corrected chi connectivity index (χ3v) is 2.06. The second-order valence-electron chi connectivity index (χ2n) is 1.85. The molecular weight excluding hydrogens is 292 g/mol. The minimum absolute atomic E-state index is 0. The van der Waals surface area contributed by atoms with Crippen LogP contribution in [0.15, 0.2) is 24.3 Å². The smallest absolute Gasteiger partial charge is 0.107 e. The topological polar surface area (TPSA) is 9.23 Å². The fraction of sp³-hybridized carbons (Fsp3) is 0.143. The molecule has 0 saturated heterocycles. The van der Waals surface area contributed by atoms with Gasteiger partial charge >= 0.3 is 64.3 Å². The summed E-state index contributed by atoms with van der Waals surface area (Å²) in [5.74, 6) is 0.957. The predicted octanol–water partition coefficient (Wildman–Crippen LogP) is 1.49. The van der Waals surface area contributed by atoms with Crippen molar-refractivity contribution in [2.45, 2.75) is 0 Å². The molecule has 0 aliphatic heterocycles. The molecule has 1 rings (SSSR count). The third kappa shape index (κ3) is 2.97. The van der Waals surface area contributed by atoms with E-state index in [1.807, 2.05) is 12.1 Å². The first-order valence-corrected chi connectivity index (χ1v) is 4.27. The van der Waals surface area contributed by atoms with Crippen molar-refractivity contribution in [1.29, 1.82) is 0 Å². The van der Waals surface area contributed by atoms with E-state index in [2.05, 4.69) is 12.1 Å². The number of rotatable bonds is 1. The van der Waals surface area contributed by atoms with E-state index in [1.165, 1.54) is 22.5 Å². The maximum absolute atomic E-state index is 5.02. The van der Waals surface area contributed by atoms with E-state index in [0.29, 0.717) is 0 Å². The predicted molar refractivity (Wildman–Crippen MR) is 48.0 cm³/mol. The summed E-state index contributed by atoms with van der Waals surface area (Å²) in [6.45, 7) is 0. The molecule has 3 heteroatoms. The van der Waals surface area contributed by atoms with Crippen molar-refractivity contribution in [3.8, 4) is 5.75 Å². The number of methoxy groups -OCH3 is 1. The van der Waals surface area contributed by atoms with Gasteiger partial charge in [0.2, 0.25) is 0 Å². The van der Waals surface area contributed by atoms with Crippen molar-refractivity contribution in [3.63, 3.8) is 0 Å². The summed E-state index contributed by atoms with van der Waals surface area (Å²) >= 11 is 1.19. The van der Waals surface area contributed by atoms with Gasteiger partial charge in [0, 0.05) is 0 Å². The molecule has 0 radical (unpaired) electrons. The van der Waals surface area contributed by atoms with Crippen LogP contribution in [0.2, 0.25) is 0 Å². The normalized spacial score (nSPS) is 8.30. The molecule has 51 valence electrons. The molecule has 1 aromatic carbocycles. The largest absolute Gasteiger partial charge is 0.107 e. The molecule has 1 nitrogen and oxygen atoms in total. The van der Waals surface area contributed by atoms with Crippen molar-refractivity contribution >= 4 is 28.1 Å². The van der Waals surface area contributed by atoms with Crippen LogP contribution < -0.4 is 8.89 Å². The zero-order valence-electron chi connectivity index (χ0n) is 5.83. The van der Waals surface area contributed by atoms with Crippen molar-refractivity contribution in [3.05, 3.63) is 24.3 Å². The third-order valence-electron chi connectivity index (χ3n) is 1.13. The number of benzene rings is 1. The van der Waals surface area contributed by atoms with E-state index in [1.54, 1.807) is 7.11 Å². The molecule has 0 heterocycles. The second kappa shape index (κ2) is 5.08. The minimum Gasteiger partial charge on any atom is -0.107 e. The van der Waals surface area contributed by atoms with E-state index in [9.17, 15) is 0 Å². The van der Waals surface area contributed by atoms with Gasteiger partial charge in [-0.3, -0.25) is 0 Å². The molecule has 0 fully saturated rings. The first kappa shape index (κ1) is 10.4. The standard InChI is InChI=1S/C7H7O.HI.Zn/c1-8-7-5-3-2-4-6-7;;/h2-3,5-6H,1H3;1H;. The average Bonchev–Trinajstić information content (AvgIpc) is 1.88. The van der Waals surface area contributed by atoms with Gasteiger partial charge in [-0.15, -0.1) is 24.0 Å². The molecule has 0 atom stereocenters. The van der Waals surface area contributed by atoms with Gasteiger partial charge in [-0.2, -0.15) is 0 Å². The van der Waals surface area contributed by atoms with Crippen LogP contribution in [0.25, 0.3) is 0 Å². The van der Waals surface area contributed by atoms with E-state index in [0.717, 1.165) is 5.75 Å². The van der Waals surface area contributed by atoms with Gasteiger partial charge in [-0.05, 0) is 0 Å². The molecule has 10 heavy (non-hydrogen) atoms. The number of halogens is 1. The Morgan fingerprint density at radius 2 is 2.10 bits per heavy atom. The Balaban J connectivity index is 0.000000810. The van der Waals surface area contributed by atoms with Gasteiger partial charge in [0.25, 0.3) is 0 Å². The molecule has 0 N–H and O–H groups in total. The van der Waals surface area contributed by atoms with Crippen LogP contribution in [-0.4, -0.2) is 7.11 Å². The Labute approximate surface area is 87.9 Å². The zero-order chi connectivity index (χ0) is 6.69. The van der Waals surface area contributed by atoms with Crippen molar-refractivity contribution in [2.75, 3.05) is 7.11 Å². The quantitative estimate of drug-likeness (QED) is 0.564. The number of hydrogen-bond donors (Lipinski definition) is 0. The first-order valence-electron chi connectivity index (χ1n) is 2.79. The molecule has 0 saturated carbocycles. The van der Waals surface area contributed by atoms with Gasteiger partial charge in [0.1, 0.15) is 0 Å². The van der Waals surface area contributed by atoms with Crippen molar-refractivity contribution < 1.29 is 23.0 Å². The van der Waals surface area contributed by atoms with Crippen LogP contribution in [0.3, 0.4) is 0 Å². The van der Waals surface area contributed by atoms with Crippen LogP contribution >= 0.6 is 24.0 Å².